The van der Waals surface area contributed by atoms with Crippen LogP contribution in [0.3, 0.4) is 0 Å². The van der Waals surface area contributed by atoms with E-state index in [9.17, 15) is 10.1 Å². The average molecular weight is 386 g/mol. The molecule has 146 valence electrons. The fourth-order valence-corrected chi connectivity index (χ4v) is 4.11. The molecule has 2 aromatic carbocycles. The first-order valence-electron chi connectivity index (χ1n) is 9.56. The summed E-state index contributed by atoms with van der Waals surface area (Å²) in [6, 6.07) is 17.7. The van der Waals surface area contributed by atoms with Gasteiger partial charge in [0, 0.05) is 18.4 Å². The van der Waals surface area contributed by atoms with Crippen molar-refractivity contribution in [3.05, 3.63) is 88.0 Å². The minimum absolute atomic E-state index is 0.00195. The molecule has 0 spiro atoms. The summed E-state index contributed by atoms with van der Waals surface area (Å²) in [6.07, 6.45) is 0.935. The molecule has 0 saturated carbocycles. The molecule has 0 bridgehead atoms. The second kappa shape index (κ2) is 7.48. The van der Waals surface area contributed by atoms with Gasteiger partial charge in [0.15, 0.2) is 5.78 Å². The summed E-state index contributed by atoms with van der Waals surface area (Å²) in [4.78, 5) is 13.2. The summed E-state index contributed by atoms with van der Waals surface area (Å²) in [5.74, 6) is 0.952. The van der Waals surface area contributed by atoms with Crippen LogP contribution in [0.5, 0.6) is 5.75 Å². The predicted octanol–water partition coefficient (Wildman–Crippen LogP) is 4.21. The van der Waals surface area contributed by atoms with E-state index in [0.29, 0.717) is 29.7 Å². The maximum atomic E-state index is 13.2. The number of carbonyl (C=O) groups excluding carboxylic acids is 1. The normalized spacial score (nSPS) is 21.3. The third-order valence-electron chi connectivity index (χ3n) is 5.66. The van der Waals surface area contributed by atoms with Crippen LogP contribution in [0.1, 0.15) is 41.4 Å². The molecule has 0 unspecified atom stereocenters. The van der Waals surface area contributed by atoms with Crippen molar-refractivity contribution in [3.63, 3.8) is 0 Å². The predicted molar refractivity (Wildman–Crippen MR) is 109 cm³/mol. The lowest BCUT2D eigenvalue weighted by Crippen LogP contribution is -2.29. The number of methoxy groups -OCH3 is 1. The van der Waals surface area contributed by atoms with Crippen molar-refractivity contribution < 1.29 is 14.3 Å². The van der Waals surface area contributed by atoms with Gasteiger partial charge < -0.3 is 15.2 Å². The van der Waals surface area contributed by atoms with Gasteiger partial charge in [-0.2, -0.15) is 5.26 Å². The SMILES string of the molecule is COc1ccc([C@@H]2CC(=O)C3=C(C2)OC(N)=C(C#N)[C@H]3c2ccc(C)cc2)cc1. The highest BCUT2D eigenvalue weighted by Gasteiger charge is 2.40. The van der Waals surface area contributed by atoms with E-state index in [1.165, 1.54) is 0 Å². The average Bonchev–Trinajstić information content (AvgIpc) is 2.73. The van der Waals surface area contributed by atoms with Gasteiger partial charge >= 0.3 is 0 Å². The minimum atomic E-state index is -0.478. The van der Waals surface area contributed by atoms with Gasteiger partial charge in [0.25, 0.3) is 0 Å². The van der Waals surface area contributed by atoms with Gasteiger partial charge in [0.2, 0.25) is 5.88 Å². The van der Waals surface area contributed by atoms with Gasteiger partial charge in [-0.25, -0.2) is 0 Å². The number of Topliss-reactive ketones (excluding diaryl/α,β-unsaturated/α-hetero) is 1. The fourth-order valence-electron chi connectivity index (χ4n) is 4.11. The first-order chi connectivity index (χ1) is 14.0. The molecule has 29 heavy (non-hydrogen) atoms. The molecular weight excluding hydrogens is 364 g/mol. The van der Waals surface area contributed by atoms with Crippen molar-refractivity contribution in [1.82, 2.24) is 0 Å². The Morgan fingerprint density at radius 3 is 2.34 bits per heavy atom. The maximum absolute atomic E-state index is 13.2. The van der Waals surface area contributed by atoms with Gasteiger partial charge in [-0.15, -0.1) is 0 Å². The van der Waals surface area contributed by atoms with E-state index in [1.54, 1.807) is 7.11 Å². The van der Waals surface area contributed by atoms with Crippen molar-refractivity contribution in [2.75, 3.05) is 7.11 Å². The van der Waals surface area contributed by atoms with Crippen LogP contribution in [-0.4, -0.2) is 12.9 Å². The molecule has 0 radical (unpaired) electrons. The number of hydrogen-bond acceptors (Lipinski definition) is 5. The number of ketones is 1. The maximum Gasteiger partial charge on any atom is 0.205 e. The van der Waals surface area contributed by atoms with Crippen LogP contribution in [0.2, 0.25) is 0 Å². The quantitative estimate of drug-likeness (QED) is 0.854. The van der Waals surface area contributed by atoms with Crippen LogP contribution in [0, 0.1) is 18.3 Å². The van der Waals surface area contributed by atoms with Gasteiger partial charge in [-0.3, -0.25) is 4.79 Å². The van der Waals surface area contributed by atoms with E-state index in [2.05, 4.69) is 6.07 Å². The van der Waals surface area contributed by atoms with Gasteiger partial charge in [-0.1, -0.05) is 42.0 Å². The van der Waals surface area contributed by atoms with Crippen LogP contribution in [0.15, 0.2) is 71.3 Å². The van der Waals surface area contributed by atoms with Crippen LogP contribution in [0.4, 0.5) is 0 Å². The topological polar surface area (TPSA) is 85.3 Å². The number of rotatable bonds is 3. The molecule has 1 aliphatic heterocycles. The molecule has 2 N–H and O–H groups in total. The Morgan fingerprint density at radius 2 is 1.72 bits per heavy atom. The molecule has 2 aromatic rings. The minimum Gasteiger partial charge on any atom is -0.497 e. The number of hydrogen-bond donors (Lipinski definition) is 1. The molecule has 1 heterocycles. The summed E-state index contributed by atoms with van der Waals surface area (Å²) in [5.41, 5.74) is 9.99. The number of nitrogens with two attached hydrogens (primary N) is 1. The van der Waals surface area contributed by atoms with E-state index in [0.717, 1.165) is 22.4 Å². The molecule has 5 heteroatoms. The van der Waals surface area contributed by atoms with Crippen LogP contribution in [-0.2, 0) is 9.53 Å². The lowest BCUT2D eigenvalue weighted by molar-refractivity contribution is -0.117. The Morgan fingerprint density at radius 1 is 1.07 bits per heavy atom. The Kier molecular flexibility index (Phi) is 4.85. The highest BCUT2D eigenvalue weighted by atomic mass is 16.5. The molecule has 0 fully saturated rings. The number of carbonyl (C=O) groups is 1. The molecule has 0 aromatic heterocycles. The van der Waals surface area contributed by atoms with Crippen LogP contribution in [0.25, 0.3) is 0 Å². The number of allylic oxidation sites excluding steroid dienone is 3. The van der Waals surface area contributed by atoms with E-state index in [-0.39, 0.29) is 17.6 Å². The van der Waals surface area contributed by atoms with Gasteiger partial charge in [0.1, 0.15) is 23.2 Å². The van der Waals surface area contributed by atoms with E-state index in [4.69, 9.17) is 15.2 Å². The molecule has 1 aliphatic carbocycles. The largest absolute Gasteiger partial charge is 0.497 e. The van der Waals surface area contributed by atoms with Crippen molar-refractivity contribution in [1.29, 1.82) is 5.26 Å². The monoisotopic (exact) mass is 386 g/mol. The zero-order valence-electron chi connectivity index (χ0n) is 16.4. The second-order valence-electron chi connectivity index (χ2n) is 7.47. The molecule has 5 nitrogen and oxygen atoms in total. The first-order valence-corrected chi connectivity index (χ1v) is 9.56. The third-order valence-corrected chi connectivity index (χ3v) is 5.66. The third kappa shape index (κ3) is 3.38. The van der Waals surface area contributed by atoms with E-state index < -0.39 is 5.92 Å². The standard InChI is InChI=1S/C24H22N2O3/c1-14-3-5-16(6-4-14)22-19(13-25)24(26)29-21-12-17(11-20(27)23(21)22)15-7-9-18(28-2)10-8-15/h3-10,17,22H,11-12,26H2,1-2H3/t17-,22-/m1/s1. The highest BCUT2D eigenvalue weighted by Crippen LogP contribution is 2.46. The lowest BCUT2D eigenvalue weighted by Gasteiger charge is -2.34. The zero-order valence-corrected chi connectivity index (χ0v) is 16.4. The Bertz CT molecular complexity index is 1060. The number of nitriles is 1. The van der Waals surface area contributed by atoms with Crippen molar-refractivity contribution >= 4 is 5.78 Å². The van der Waals surface area contributed by atoms with Crippen LogP contribution >= 0.6 is 0 Å². The molecular formula is C24H22N2O3. The lowest BCUT2D eigenvalue weighted by atomic mass is 9.73. The fraction of sp³-hybridized carbons (Fsp3) is 0.250. The molecule has 2 aliphatic rings. The van der Waals surface area contributed by atoms with Crippen molar-refractivity contribution in [2.45, 2.75) is 31.6 Å². The summed E-state index contributed by atoms with van der Waals surface area (Å²) < 4.78 is 11.0. The molecule has 4 rings (SSSR count). The van der Waals surface area contributed by atoms with E-state index in [1.807, 2.05) is 55.5 Å². The summed E-state index contributed by atoms with van der Waals surface area (Å²) in [7, 11) is 1.62. The second-order valence-corrected chi connectivity index (χ2v) is 7.47. The molecule has 0 amide bonds. The zero-order chi connectivity index (χ0) is 20.5. The molecule has 0 saturated heterocycles. The molecule has 2 atom stereocenters. The Balaban J connectivity index is 1.74. The summed E-state index contributed by atoms with van der Waals surface area (Å²) in [6.45, 7) is 2.00. The van der Waals surface area contributed by atoms with Gasteiger partial charge in [0.05, 0.1) is 13.0 Å². The van der Waals surface area contributed by atoms with Crippen LogP contribution < -0.4 is 10.5 Å². The van der Waals surface area contributed by atoms with Crippen molar-refractivity contribution in [3.8, 4) is 11.8 Å². The number of nitrogens with zero attached hydrogens (tertiary/aromatic N) is 1. The van der Waals surface area contributed by atoms with Crippen molar-refractivity contribution in [2.24, 2.45) is 5.73 Å². The number of benzene rings is 2. The number of ether oxygens (including phenoxy) is 2. The number of aryl methyl sites for hydroxylation is 1. The Hall–Kier alpha value is -3.52. The van der Waals surface area contributed by atoms with E-state index >= 15 is 0 Å². The summed E-state index contributed by atoms with van der Waals surface area (Å²) >= 11 is 0. The summed E-state index contributed by atoms with van der Waals surface area (Å²) in [5, 5.41) is 9.69. The Labute approximate surface area is 170 Å². The highest BCUT2D eigenvalue weighted by molar-refractivity contribution is 6.00. The first kappa shape index (κ1) is 18.8. The smallest absolute Gasteiger partial charge is 0.205 e. The van der Waals surface area contributed by atoms with Gasteiger partial charge in [-0.05, 0) is 36.1 Å².